The van der Waals surface area contributed by atoms with E-state index < -0.39 is 0 Å². The lowest BCUT2D eigenvalue weighted by molar-refractivity contribution is 0.243. The summed E-state index contributed by atoms with van der Waals surface area (Å²) >= 11 is 0. The van der Waals surface area contributed by atoms with Crippen LogP contribution in [0.5, 0.6) is 0 Å². The van der Waals surface area contributed by atoms with E-state index in [4.69, 9.17) is 0 Å². The predicted octanol–water partition coefficient (Wildman–Crippen LogP) is 2.60. The van der Waals surface area contributed by atoms with Crippen LogP contribution in [0, 0.1) is 11.8 Å². The summed E-state index contributed by atoms with van der Waals surface area (Å²) in [6.45, 7) is 14.9. The van der Waals surface area contributed by atoms with E-state index in [-0.39, 0.29) is 0 Å². The van der Waals surface area contributed by atoms with Crippen molar-refractivity contribution in [2.45, 2.75) is 47.1 Å². The zero-order valence-electron chi connectivity index (χ0n) is 11.5. The van der Waals surface area contributed by atoms with Gasteiger partial charge in [-0.25, -0.2) is 0 Å². The number of hydrogen-bond donors (Lipinski definition) is 1. The molecule has 2 atom stereocenters. The maximum absolute atomic E-state index is 3.49. The van der Waals surface area contributed by atoms with Crippen LogP contribution in [-0.2, 0) is 0 Å². The summed E-state index contributed by atoms with van der Waals surface area (Å²) < 4.78 is 0. The molecule has 0 fully saturated rings. The lowest BCUT2D eigenvalue weighted by Crippen LogP contribution is -2.35. The van der Waals surface area contributed by atoms with Crippen molar-refractivity contribution in [2.24, 2.45) is 11.8 Å². The molecule has 0 amide bonds. The van der Waals surface area contributed by atoms with E-state index in [1.54, 1.807) is 0 Å². The fourth-order valence-corrected chi connectivity index (χ4v) is 1.77. The van der Waals surface area contributed by atoms with Crippen LogP contribution in [0.4, 0.5) is 0 Å². The molecule has 0 saturated heterocycles. The van der Waals surface area contributed by atoms with Gasteiger partial charge in [0.1, 0.15) is 0 Å². The molecule has 2 heteroatoms. The molecule has 2 unspecified atom stereocenters. The van der Waals surface area contributed by atoms with Gasteiger partial charge in [-0.2, -0.15) is 0 Å². The molecule has 0 aromatic heterocycles. The van der Waals surface area contributed by atoms with E-state index in [2.05, 4.69) is 51.9 Å². The van der Waals surface area contributed by atoms with E-state index in [0.717, 1.165) is 18.4 Å². The van der Waals surface area contributed by atoms with Crippen LogP contribution in [0.3, 0.4) is 0 Å². The van der Waals surface area contributed by atoms with Crippen LogP contribution in [-0.4, -0.2) is 37.6 Å². The van der Waals surface area contributed by atoms with E-state index >= 15 is 0 Å². The Kier molecular flexibility index (Phi) is 8.07. The Morgan fingerprint density at radius 1 is 1.00 bits per heavy atom. The molecule has 0 bridgehead atoms. The summed E-state index contributed by atoms with van der Waals surface area (Å²) in [5.74, 6) is 1.56. The zero-order chi connectivity index (χ0) is 11.8. The van der Waals surface area contributed by atoms with Gasteiger partial charge >= 0.3 is 0 Å². The van der Waals surface area contributed by atoms with E-state index in [0.29, 0.717) is 6.04 Å². The van der Waals surface area contributed by atoms with Crippen LogP contribution in [0.2, 0.25) is 0 Å². The minimum Gasteiger partial charge on any atom is -0.314 e. The van der Waals surface area contributed by atoms with Crippen molar-refractivity contribution in [3.05, 3.63) is 0 Å². The van der Waals surface area contributed by atoms with Crippen molar-refractivity contribution < 1.29 is 0 Å². The van der Waals surface area contributed by atoms with Gasteiger partial charge in [0.2, 0.25) is 0 Å². The number of hydrogen-bond acceptors (Lipinski definition) is 2. The first kappa shape index (κ1) is 14.9. The lowest BCUT2D eigenvalue weighted by atomic mass is 10.1. The van der Waals surface area contributed by atoms with Gasteiger partial charge in [-0.1, -0.05) is 41.0 Å². The normalized spacial score (nSPS) is 16.0. The summed E-state index contributed by atoms with van der Waals surface area (Å²) in [4.78, 5) is 2.46. The molecule has 0 heterocycles. The fourth-order valence-electron chi connectivity index (χ4n) is 1.77. The highest BCUT2D eigenvalue weighted by molar-refractivity contribution is 4.65. The molecular weight excluding hydrogens is 184 g/mol. The van der Waals surface area contributed by atoms with Crippen LogP contribution in [0.1, 0.15) is 41.0 Å². The highest BCUT2D eigenvalue weighted by Crippen LogP contribution is 2.05. The Morgan fingerprint density at radius 2 is 1.53 bits per heavy atom. The second kappa shape index (κ2) is 8.12. The maximum Gasteiger partial charge on any atom is 0.00162 e. The second-order valence-corrected chi connectivity index (χ2v) is 5.40. The standard InChI is InChI=1S/C13H30N2/c1-7-12(4)9-15(6)10-13(5)8-14-11(2)3/h11-14H,7-10H2,1-6H3. The molecule has 2 nitrogen and oxygen atoms in total. The van der Waals surface area contributed by atoms with Gasteiger partial charge in [-0.15, -0.1) is 0 Å². The molecule has 0 saturated carbocycles. The summed E-state index contributed by atoms with van der Waals surface area (Å²) in [5, 5.41) is 3.49. The lowest BCUT2D eigenvalue weighted by Gasteiger charge is -2.24. The molecule has 0 aromatic carbocycles. The first-order valence-corrected chi connectivity index (χ1v) is 6.37. The van der Waals surface area contributed by atoms with Gasteiger partial charge in [-0.05, 0) is 25.4 Å². The first-order valence-electron chi connectivity index (χ1n) is 6.37. The molecule has 0 aliphatic heterocycles. The van der Waals surface area contributed by atoms with Crippen molar-refractivity contribution in [2.75, 3.05) is 26.7 Å². The van der Waals surface area contributed by atoms with Crippen LogP contribution in [0.25, 0.3) is 0 Å². The molecule has 0 aliphatic rings. The van der Waals surface area contributed by atoms with Gasteiger partial charge < -0.3 is 10.2 Å². The molecule has 0 aliphatic carbocycles. The fraction of sp³-hybridized carbons (Fsp3) is 1.00. The summed E-state index contributed by atoms with van der Waals surface area (Å²) in [7, 11) is 2.23. The monoisotopic (exact) mass is 214 g/mol. The molecule has 0 radical (unpaired) electrons. The van der Waals surface area contributed by atoms with Crippen molar-refractivity contribution in [1.29, 1.82) is 0 Å². The average Bonchev–Trinajstić information content (AvgIpc) is 2.14. The van der Waals surface area contributed by atoms with Crippen molar-refractivity contribution in [3.8, 4) is 0 Å². The topological polar surface area (TPSA) is 15.3 Å². The highest BCUT2D eigenvalue weighted by Gasteiger charge is 2.09. The third-order valence-electron chi connectivity index (χ3n) is 2.82. The summed E-state index contributed by atoms with van der Waals surface area (Å²) in [6, 6.07) is 0.604. The third-order valence-corrected chi connectivity index (χ3v) is 2.82. The SMILES string of the molecule is CCC(C)CN(C)CC(C)CNC(C)C. The Labute approximate surface area is 96.4 Å². The van der Waals surface area contributed by atoms with Crippen LogP contribution >= 0.6 is 0 Å². The first-order chi connectivity index (χ1) is 6.95. The number of rotatable bonds is 8. The minimum atomic E-state index is 0.604. The molecule has 0 rings (SSSR count). The van der Waals surface area contributed by atoms with Crippen molar-refractivity contribution in [1.82, 2.24) is 10.2 Å². The number of nitrogens with zero attached hydrogens (tertiary/aromatic N) is 1. The van der Waals surface area contributed by atoms with Gasteiger partial charge in [0, 0.05) is 19.1 Å². The summed E-state index contributed by atoms with van der Waals surface area (Å²) in [5.41, 5.74) is 0. The van der Waals surface area contributed by atoms with Crippen LogP contribution in [0.15, 0.2) is 0 Å². The van der Waals surface area contributed by atoms with Gasteiger partial charge in [0.25, 0.3) is 0 Å². The van der Waals surface area contributed by atoms with E-state index in [9.17, 15) is 0 Å². The second-order valence-electron chi connectivity index (χ2n) is 5.40. The molecule has 92 valence electrons. The molecule has 0 spiro atoms. The summed E-state index contributed by atoms with van der Waals surface area (Å²) in [6.07, 6.45) is 1.28. The third kappa shape index (κ3) is 8.88. The van der Waals surface area contributed by atoms with Crippen molar-refractivity contribution in [3.63, 3.8) is 0 Å². The Morgan fingerprint density at radius 3 is 2.00 bits per heavy atom. The smallest absolute Gasteiger partial charge is 0.00162 e. The molecule has 15 heavy (non-hydrogen) atoms. The van der Waals surface area contributed by atoms with E-state index in [1.807, 2.05) is 0 Å². The molecule has 1 N–H and O–H groups in total. The average molecular weight is 214 g/mol. The quantitative estimate of drug-likeness (QED) is 0.668. The highest BCUT2D eigenvalue weighted by atomic mass is 15.1. The Balaban J connectivity index is 3.61. The van der Waals surface area contributed by atoms with Crippen molar-refractivity contribution >= 4 is 0 Å². The van der Waals surface area contributed by atoms with Gasteiger partial charge in [0.15, 0.2) is 0 Å². The Hall–Kier alpha value is -0.0800. The predicted molar refractivity (Wildman–Crippen MR) is 69.3 cm³/mol. The van der Waals surface area contributed by atoms with Gasteiger partial charge in [-0.3, -0.25) is 0 Å². The van der Waals surface area contributed by atoms with E-state index in [1.165, 1.54) is 19.5 Å². The minimum absolute atomic E-state index is 0.604. The zero-order valence-corrected chi connectivity index (χ0v) is 11.5. The van der Waals surface area contributed by atoms with Crippen LogP contribution < -0.4 is 5.32 Å². The largest absolute Gasteiger partial charge is 0.314 e. The van der Waals surface area contributed by atoms with Gasteiger partial charge in [0.05, 0.1) is 0 Å². The molecule has 0 aromatic rings. The number of nitrogens with one attached hydrogen (secondary N) is 1. The maximum atomic E-state index is 3.49. The Bertz CT molecular complexity index is 145. The molecular formula is C13H30N2.